The van der Waals surface area contributed by atoms with E-state index in [-0.39, 0.29) is 18.2 Å². The van der Waals surface area contributed by atoms with Crippen LogP contribution in [0.4, 0.5) is 9.59 Å². The van der Waals surface area contributed by atoms with Gasteiger partial charge in [-0.2, -0.15) is 0 Å². The molecular weight excluding hydrogens is 422 g/mol. The number of hydrogen-bond acceptors (Lipinski definition) is 6. The average Bonchev–Trinajstić information content (AvgIpc) is 2.91. The zero-order chi connectivity index (χ0) is 19.5. The first-order valence-electron chi connectivity index (χ1n) is 8.63. The van der Waals surface area contributed by atoms with Gasteiger partial charge >= 0.3 is 12.2 Å². The van der Waals surface area contributed by atoms with Crippen LogP contribution in [0, 0.1) is 0 Å². The van der Waals surface area contributed by atoms with Gasteiger partial charge in [0.1, 0.15) is 10.6 Å². The number of carbonyl (C=O) groups is 2. The number of amides is 2. The molecule has 26 heavy (non-hydrogen) atoms. The van der Waals surface area contributed by atoms with Crippen molar-refractivity contribution in [2.45, 2.75) is 71.2 Å². The van der Waals surface area contributed by atoms with E-state index in [1.807, 2.05) is 20.8 Å². The Morgan fingerprint density at radius 1 is 1.38 bits per heavy atom. The normalized spacial score (nSPS) is 20.8. The molecule has 0 aliphatic carbocycles. The van der Waals surface area contributed by atoms with Crippen LogP contribution in [-0.4, -0.2) is 46.4 Å². The van der Waals surface area contributed by atoms with Crippen LogP contribution in [0.3, 0.4) is 0 Å². The fraction of sp³-hybridized carbons (Fsp3) is 0.706. The zero-order valence-corrected chi connectivity index (χ0v) is 18.1. The summed E-state index contributed by atoms with van der Waals surface area (Å²) in [5.41, 5.74) is -0.595. The average molecular weight is 448 g/mol. The third kappa shape index (κ3) is 6.12. The van der Waals surface area contributed by atoms with Gasteiger partial charge in [-0.25, -0.2) is 14.6 Å². The van der Waals surface area contributed by atoms with Crippen LogP contribution < -0.4 is 5.32 Å². The summed E-state index contributed by atoms with van der Waals surface area (Å²) in [4.78, 5) is 30.7. The fourth-order valence-corrected chi connectivity index (χ4v) is 4.10. The van der Waals surface area contributed by atoms with Crippen molar-refractivity contribution in [2.24, 2.45) is 0 Å². The van der Waals surface area contributed by atoms with E-state index in [1.165, 1.54) is 11.3 Å². The number of ether oxygens (including phenoxy) is 2. The number of rotatable bonds is 3. The molecule has 1 aromatic rings. The molecule has 1 aromatic heterocycles. The van der Waals surface area contributed by atoms with Gasteiger partial charge in [0.05, 0.1) is 28.2 Å². The van der Waals surface area contributed by atoms with Crippen molar-refractivity contribution in [1.29, 1.82) is 0 Å². The van der Waals surface area contributed by atoms with Gasteiger partial charge in [0.25, 0.3) is 0 Å². The second kappa shape index (κ2) is 8.56. The van der Waals surface area contributed by atoms with E-state index in [4.69, 9.17) is 9.47 Å². The van der Waals surface area contributed by atoms with Crippen LogP contribution in [0.25, 0.3) is 0 Å². The second-order valence-electron chi connectivity index (χ2n) is 7.52. The minimum atomic E-state index is -0.595. The van der Waals surface area contributed by atoms with Gasteiger partial charge in [-0.05, 0) is 63.4 Å². The van der Waals surface area contributed by atoms with Crippen LogP contribution in [-0.2, 0) is 9.47 Å². The maximum Gasteiger partial charge on any atom is 0.410 e. The first kappa shape index (κ1) is 21.0. The van der Waals surface area contributed by atoms with Crippen LogP contribution in [0.15, 0.2) is 9.98 Å². The third-order valence-corrected chi connectivity index (χ3v) is 5.23. The first-order valence-corrected chi connectivity index (χ1v) is 10.2. The Kier molecular flexibility index (Phi) is 6.90. The van der Waals surface area contributed by atoms with Crippen molar-refractivity contribution in [1.82, 2.24) is 15.2 Å². The SMILES string of the molecule is CC(C)OC(=O)NC1CCC(c2ncc(Br)s2)N(C(=O)OC(C)(C)C)C1. The molecule has 1 aliphatic heterocycles. The number of likely N-dealkylation sites (tertiary alicyclic amines) is 1. The molecule has 0 bridgehead atoms. The number of aromatic nitrogens is 1. The van der Waals surface area contributed by atoms with Gasteiger partial charge in [-0.3, -0.25) is 4.90 Å². The summed E-state index contributed by atoms with van der Waals surface area (Å²) in [7, 11) is 0. The maximum absolute atomic E-state index is 12.7. The topological polar surface area (TPSA) is 80.8 Å². The zero-order valence-electron chi connectivity index (χ0n) is 15.7. The number of piperidine rings is 1. The van der Waals surface area contributed by atoms with Crippen LogP contribution >= 0.6 is 27.3 Å². The quantitative estimate of drug-likeness (QED) is 0.738. The highest BCUT2D eigenvalue weighted by atomic mass is 79.9. The van der Waals surface area contributed by atoms with Crippen molar-refractivity contribution in [3.8, 4) is 0 Å². The highest BCUT2D eigenvalue weighted by Crippen LogP contribution is 2.35. The van der Waals surface area contributed by atoms with E-state index in [0.717, 1.165) is 15.2 Å². The standard InChI is InChI=1S/C17H26BrN3O4S/c1-10(2)24-15(22)20-11-6-7-12(14-19-8-13(18)26-14)21(9-11)16(23)25-17(3,4)5/h8,10-12H,6-7,9H2,1-5H3,(H,20,22). The van der Waals surface area contributed by atoms with Crippen molar-refractivity contribution in [3.63, 3.8) is 0 Å². The van der Waals surface area contributed by atoms with Crippen LogP contribution in [0.1, 0.15) is 58.5 Å². The lowest BCUT2D eigenvalue weighted by atomic mass is 9.99. The van der Waals surface area contributed by atoms with E-state index < -0.39 is 17.8 Å². The van der Waals surface area contributed by atoms with E-state index in [0.29, 0.717) is 13.0 Å². The molecule has 2 amide bonds. The summed E-state index contributed by atoms with van der Waals surface area (Å²) in [5.74, 6) is 0. The summed E-state index contributed by atoms with van der Waals surface area (Å²) in [6, 6.07) is -0.353. The van der Waals surface area contributed by atoms with Crippen LogP contribution in [0.5, 0.6) is 0 Å². The predicted molar refractivity (Wildman–Crippen MR) is 103 cm³/mol. The van der Waals surface area contributed by atoms with Gasteiger partial charge < -0.3 is 14.8 Å². The second-order valence-corrected chi connectivity index (χ2v) is 9.97. The lowest BCUT2D eigenvalue weighted by molar-refractivity contribution is 0.00491. The monoisotopic (exact) mass is 447 g/mol. The smallest absolute Gasteiger partial charge is 0.410 e. The Labute approximate surface area is 166 Å². The molecule has 2 heterocycles. The lowest BCUT2D eigenvalue weighted by Crippen LogP contribution is -2.52. The number of alkyl carbamates (subject to hydrolysis) is 1. The molecule has 0 saturated carbocycles. The Bertz CT molecular complexity index is 644. The van der Waals surface area contributed by atoms with Crippen LogP contribution in [0.2, 0.25) is 0 Å². The van der Waals surface area contributed by atoms with E-state index in [1.54, 1.807) is 24.9 Å². The van der Waals surface area contributed by atoms with Crippen molar-refractivity contribution in [3.05, 3.63) is 15.0 Å². The van der Waals surface area contributed by atoms with E-state index >= 15 is 0 Å². The molecule has 2 atom stereocenters. The highest BCUT2D eigenvalue weighted by molar-refractivity contribution is 9.11. The van der Waals surface area contributed by atoms with Gasteiger partial charge in [-0.1, -0.05) is 0 Å². The Morgan fingerprint density at radius 2 is 2.08 bits per heavy atom. The minimum absolute atomic E-state index is 0.166. The number of hydrogen-bond donors (Lipinski definition) is 1. The molecule has 146 valence electrons. The summed E-state index contributed by atoms with van der Waals surface area (Å²) >= 11 is 4.92. The molecule has 1 N–H and O–H groups in total. The molecule has 0 spiro atoms. The van der Waals surface area contributed by atoms with Crippen molar-refractivity contribution >= 4 is 39.5 Å². The molecule has 9 heteroatoms. The lowest BCUT2D eigenvalue weighted by Gasteiger charge is -2.39. The fourth-order valence-electron chi connectivity index (χ4n) is 2.70. The van der Waals surface area contributed by atoms with Gasteiger partial charge in [0.2, 0.25) is 0 Å². The third-order valence-electron chi connectivity index (χ3n) is 3.66. The summed E-state index contributed by atoms with van der Waals surface area (Å²) in [6.45, 7) is 9.44. The maximum atomic E-state index is 12.7. The minimum Gasteiger partial charge on any atom is -0.447 e. The molecule has 1 fully saturated rings. The highest BCUT2D eigenvalue weighted by Gasteiger charge is 2.37. The number of thiazole rings is 1. The molecule has 0 aromatic carbocycles. The first-order chi connectivity index (χ1) is 12.0. The summed E-state index contributed by atoms with van der Waals surface area (Å²) < 4.78 is 11.6. The number of carbonyl (C=O) groups excluding carboxylic acids is 2. The Balaban J connectivity index is 2.13. The predicted octanol–water partition coefficient (Wildman–Crippen LogP) is 4.48. The molecule has 0 radical (unpaired) electrons. The van der Waals surface area contributed by atoms with Gasteiger partial charge in [-0.15, -0.1) is 11.3 Å². The molecule has 1 aliphatic rings. The molecule has 1 saturated heterocycles. The van der Waals surface area contributed by atoms with Gasteiger partial charge in [0, 0.05) is 6.54 Å². The van der Waals surface area contributed by atoms with E-state index in [2.05, 4.69) is 26.2 Å². The largest absolute Gasteiger partial charge is 0.447 e. The Morgan fingerprint density at radius 3 is 2.62 bits per heavy atom. The van der Waals surface area contributed by atoms with Gasteiger partial charge in [0.15, 0.2) is 0 Å². The number of nitrogens with zero attached hydrogens (tertiary/aromatic N) is 2. The molecular formula is C17H26BrN3O4S. The van der Waals surface area contributed by atoms with Crippen molar-refractivity contribution in [2.75, 3.05) is 6.54 Å². The number of nitrogens with one attached hydrogen (secondary N) is 1. The number of halogens is 1. The molecule has 7 nitrogen and oxygen atoms in total. The van der Waals surface area contributed by atoms with E-state index in [9.17, 15) is 9.59 Å². The summed E-state index contributed by atoms with van der Waals surface area (Å²) in [5, 5.41) is 3.69. The van der Waals surface area contributed by atoms with Crippen molar-refractivity contribution < 1.29 is 19.1 Å². The molecule has 2 rings (SSSR count). The Hall–Kier alpha value is -1.35. The molecule has 2 unspecified atom stereocenters. The summed E-state index contributed by atoms with van der Waals surface area (Å²) in [6.07, 6.45) is 2.08.